The van der Waals surface area contributed by atoms with Crippen LogP contribution in [0.15, 0.2) is 28.1 Å². The molecular formula is C19H34N2O2S. The molecule has 1 saturated heterocycles. The van der Waals surface area contributed by atoms with E-state index < -0.39 is 0 Å². The number of hydrogen-bond donors (Lipinski definition) is 0. The molecule has 0 N–H and O–H groups in total. The van der Waals surface area contributed by atoms with Gasteiger partial charge in [0, 0.05) is 20.2 Å². The second-order valence-electron chi connectivity index (χ2n) is 7.21. The molecule has 1 aliphatic rings. The maximum Gasteiger partial charge on any atom is 0.165 e. The van der Waals surface area contributed by atoms with Gasteiger partial charge < -0.3 is 14.4 Å². The minimum Gasteiger partial charge on any atom is -0.371 e. The average Bonchev–Trinajstić information content (AvgIpc) is 2.53. The molecule has 0 aliphatic carbocycles. The lowest BCUT2D eigenvalue weighted by Gasteiger charge is -2.40. The van der Waals surface area contributed by atoms with E-state index in [1.807, 2.05) is 0 Å². The van der Waals surface area contributed by atoms with Gasteiger partial charge in [0.1, 0.15) is 6.73 Å². The van der Waals surface area contributed by atoms with E-state index in [1.165, 1.54) is 11.1 Å². The smallest absolute Gasteiger partial charge is 0.165 e. The van der Waals surface area contributed by atoms with E-state index in [0.717, 1.165) is 31.1 Å². The second-order valence-corrected chi connectivity index (χ2v) is 8.05. The van der Waals surface area contributed by atoms with Gasteiger partial charge in [-0.15, -0.1) is 0 Å². The van der Waals surface area contributed by atoms with E-state index in [9.17, 15) is 0 Å². The van der Waals surface area contributed by atoms with Crippen molar-refractivity contribution in [2.45, 2.75) is 53.1 Å². The highest BCUT2D eigenvalue weighted by molar-refractivity contribution is 8.16. The highest BCUT2D eigenvalue weighted by Crippen LogP contribution is 2.29. The minimum atomic E-state index is -0.0676. The Morgan fingerprint density at radius 2 is 1.96 bits per heavy atom. The van der Waals surface area contributed by atoms with Crippen molar-refractivity contribution < 1.29 is 9.47 Å². The van der Waals surface area contributed by atoms with Crippen LogP contribution in [0.1, 0.15) is 47.5 Å². The fraction of sp³-hybridized carbons (Fsp3) is 0.737. The van der Waals surface area contributed by atoms with Crippen molar-refractivity contribution >= 4 is 16.9 Å². The molecule has 5 heteroatoms. The third kappa shape index (κ3) is 7.41. The molecule has 24 heavy (non-hydrogen) atoms. The molecule has 1 heterocycles. The zero-order valence-electron chi connectivity index (χ0n) is 16.2. The average molecular weight is 355 g/mol. The van der Waals surface area contributed by atoms with Crippen molar-refractivity contribution in [1.29, 1.82) is 0 Å². The van der Waals surface area contributed by atoms with E-state index in [1.54, 1.807) is 18.9 Å². The standard InChI is InChI=1S/C19H34N2O2S/c1-15(2)13-24-18(20-14-22-7)21-10-8-19(6,9-11-21)23-12-17(5)16(3)4/h13,16H,5,8-12,14H2,1-4,6-7H3. The molecule has 1 aliphatic heterocycles. The number of rotatable bonds is 7. The Kier molecular flexibility index (Phi) is 9.09. The van der Waals surface area contributed by atoms with Crippen LogP contribution in [-0.4, -0.2) is 49.2 Å². The van der Waals surface area contributed by atoms with Gasteiger partial charge >= 0.3 is 0 Å². The van der Waals surface area contributed by atoms with Crippen LogP contribution in [0.2, 0.25) is 0 Å². The number of aliphatic imine (C=N–C) groups is 1. The molecule has 0 aromatic heterocycles. The third-order valence-corrected chi connectivity index (χ3v) is 5.43. The van der Waals surface area contributed by atoms with E-state index in [0.29, 0.717) is 19.3 Å². The number of methoxy groups -OCH3 is 1. The summed E-state index contributed by atoms with van der Waals surface area (Å²) < 4.78 is 11.3. The molecule has 0 aromatic carbocycles. The van der Waals surface area contributed by atoms with E-state index >= 15 is 0 Å². The maximum atomic E-state index is 6.19. The van der Waals surface area contributed by atoms with Crippen LogP contribution >= 0.6 is 11.8 Å². The number of hydrogen-bond acceptors (Lipinski definition) is 4. The van der Waals surface area contributed by atoms with Gasteiger partial charge in [0.05, 0.1) is 12.2 Å². The van der Waals surface area contributed by atoms with Crippen molar-refractivity contribution in [3.05, 3.63) is 23.1 Å². The Hall–Kier alpha value is -0.780. The fourth-order valence-corrected chi connectivity index (χ4v) is 3.05. The summed E-state index contributed by atoms with van der Waals surface area (Å²) in [6, 6.07) is 0. The first-order valence-electron chi connectivity index (χ1n) is 8.67. The highest BCUT2D eigenvalue weighted by Gasteiger charge is 2.32. The molecule has 138 valence electrons. The van der Waals surface area contributed by atoms with Crippen molar-refractivity contribution in [2.24, 2.45) is 10.9 Å². The SMILES string of the molecule is C=C(COC1(C)CCN(C(=NCOC)SC=C(C)C)CC1)C(C)C. The van der Waals surface area contributed by atoms with Gasteiger partial charge in [-0.1, -0.05) is 37.8 Å². The highest BCUT2D eigenvalue weighted by atomic mass is 32.2. The quantitative estimate of drug-likeness (QED) is 0.377. The molecule has 0 amide bonds. The van der Waals surface area contributed by atoms with Gasteiger partial charge in [0.15, 0.2) is 5.17 Å². The summed E-state index contributed by atoms with van der Waals surface area (Å²) in [5.74, 6) is 0.474. The van der Waals surface area contributed by atoms with Crippen LogP contribution < -0.4 is 0 Å². The molecule has 0 spiro atoms. The normalized spacial score (nSPS) is 18.0. The molecule has 0 atom stereocenters. The summed E-state index contributed by atoms with van der Waals surface area (Å²) in [6.45, 7) is 17.8. The summed E-state index contributed by atoms with van der Waals surface area (Å²) in [6.07, 6.45) is 2.00. The van der Waals surface area contributed by atoms with Crippen molar-refractivity contribution in [1.82, 2.24) is 4.90 Å². The summed E-state index contributed by atoms with van der Waals surface area (Å²) in [5.41, 5.74) is 2.38. The Bertz CT molecular complexity index is 460. The lowest BCUT2D eigenvalue weighted by Crippen LogP contribution is -2.46. The first-order valence-corrected chi connectivity index (χ1v) is 9.55. The van der Waals surface area contributed by atoms with Gasteiger partial charge in [-0.05, 0) is 50.5 Å². The van der Waals surface area contributed by atoms with E-state index in [-0.39, 0.29) is 5.60 Å². The zero-order valence-corrected chi connectivity index (χ0v) is 17.0. The Morgan fingerprint density at radius 3 is 2.46 bits per heavy atom. The predicted molar refractivity (Wildman–Crippen MR) is 105 cm³/mol. The van der Waals surface area contributed by atoms with Gasteiger partial charge in [-0.2, -0.15) is 0 Å². The van der Waals surface area contributed by atoms with Crippen molar-refractivity contribution in [3.63, 3.8) is 0 Å². The Morgan fingerprint density at radius 1 is 1.33 bits per heavy atom. The second kappa shape index (κ2) is 10.3. The number of thioether (sulfide) groups is 1. The number of likely N-dealkylation sites (tertiary alicyclic amines) is 1. The van der Waals surface area contributed by atoms with Crippen LogP contribution in [0.25, 0.3) is 0 Å². The number of nitrogens with zero attached hydrogens (tertiary/aromatic N) is 2. The summed E-state index contributed by atoms with van der Waals surface area (Å²) in [7, 11) is 1.68. The Labute approximate surface area is 152 Å². The van der Waals surface area contributed by atoms with Crippen LogP contribution in [0.4, 0.5) is 0 Å². The molecular weight excluding hydrogens is 320 g/mol. The molecule has 1 rings (SSSR count). The predicted octanol–water partition coefficient (Wildman–Crippen LogP) is 4.69. The number of amidine groups is 1. The summed E-state index contributed by atoms with van der Waals surface area (Å²) in [4.78, 5) is 6.91. The van der Waals surface area contributed by atoms with E-state index in [2.05, 4.69) is 56.5 Å². The maximum absolute atomic E-state index is 6.19. The lowest BCUT2D eigenvalue weighted by atomic mass is 9.93. The summed E-state index contributed by atoms with van der Waals surface area (Å²) >= 11 is 1.68. The first kappa shape index (κ1) is 21.3. The van der Waals surface area contributed by atoms with Crippen LogP contribution in [0, 0.1) is 5.92 Å². The topological polar surface area (TPSA) is 34.1 Å². The monoisotopic (exact) mass is 354 g/mol. The lowest BCUT2D eigenvalue weighted by molar-refractivity contribution is -0.0539. The largest absolute Gasteiger partial charge is 0.371 e. The third-order valence-electron chi connectivity index (χ3n) is 4.24. The van der Waals surface area contributed by atoms with Crippen LogP contribution in [0.5, 0.6) is 0 Å². The van der Waals surface area contributed by atoms with Gasteiger partial charge in [0.2, 0.25) is 0 Å². The molecule has 4 nitrogen and oxygen atoms in total. The molecule has 1 fully saturated rings. The van der Waals surface area contributed by atoms with Crippen molar-refractivity contribution in [2.75, 3.05) is 33.5 Å². The zero-order chi connectivity index (χ0) is 18.2. The summed E-state index contributed by atoms with van der Waals surface area (Å²) in [5, 5.41) is 3.18. The van der Waals surface area contributed by atoms with Crippen LogP contribution in [0.3, 0.4) is 0 Å². The number of piperidine rings is 1. The molecule has 0 bridgehead atoms. The van der Waals surface area contributed by atoms with E-state index in [4.69, 9.17) is 9.47 Å². The van der Waals surface area contributed by atoms with Gasteiger partial charge in [-0.25, -0.2) is 4.99 Å². The van der Waals surface area contributed by atoms with Gasteiger partial charge in [-0.3, -0.25) is 0 Å². The fourth-order valence-electron chi connectivity index (χ4n) is 2.25. The van der Waals surface area contributed by atoms with Crippen molar-refractivity contribution in [3.8, 4) is 0 Å². The number of allylic oxidation sites excluding steroid dienone is 1. The molecule has 0 radical (unpaired) electrons. The Balaban J connectivity index is 2.60. The molecule has 0 unspecified atom stereocenters. The number of ether oxygens (including phenoxy) is 2. The minimum absolute atomic E-state index is 0.0676. The molecule has 0 saturated carbocycles. The van der Waals surface area contributed by atoms with Crippen LogP contribution in [-0.2, 0) is 9.47 Å². The first-order chi connectivity index (χ1) is 11.3. The molecule has 0 aromatic rings. The van der Waals surface area contributed by atoms with Gasteiger partial charge in [0.25, 0.3) is 0 Å².